The van der Waals surface area contributed by atoms with Crippen LogP contribution in [0.3, 0.4) is 0 Å². The fourth-order valence-electron chi connectivity index (χ4n) is 2.63. The Hall–Kier alpha value is -2.34. The average Bonchev–Trinajstić information content (AvgIpc) is 2.59. The predicted molar refractivity (Wildman–Crippen MR) is 97.5 cm³/mol. The lowest BCUT2D eigenvalue weighted by molar-refractivity contribution is 0.164. The summed E-state index contributed by atoms with van der Waals surface area (Å²) in [5.41, 5.74) is 1.08. The number of para-hydroxylation sites is 1. The van der Waals surface area contributed by atoms with Crippen LogP contribution in [0.5, 0.6) is 23.5 Å². The molecule has 2 rings (SSSR count). The lowest BCUT2D eigenvalue weighted by Crippen LogP contribution is -2.36. The number of hydrogen-bond acceptors (Lipinski definition) is 6. The number of aromatic nitrogens is 2. The Labute approximate surface area is 149 Å². The molecule has 0 spiro atoms. The van der Waals surface area contributed by atoms with Gasteiger partial charge in [-0.3, -0.25) is 4.90 Å². The van der Waals surface area contributed by atoms with Crippen LogP contribution in [0.2, 0.25) is 0 Å². The van der Waals surface area contributed by atoms with Gasteiger partial charge in [-0.15, -0.1) is 0 Å². The largest absolute Gasteiger partial charge is 0.481 e. The van der Waals surface area contributed by atoms with Gasteiger partial charge in [0.05, 0.1) is 20.3 Å². The van der Waals surface area contributed by atoms with E-state index in [1.165, 1.54) is 0 Å². The molecule has 0 atom stereocenters. The van der Waals surface area contributed by atoms with Crippen molar-refractivity contribution in [2.45, 2.75) is 46.3 Å². The van der Waals surface area contributed by atoms with E-state index < -0.39 is 0 Å². The topological polar surface area (TPSA) is 56.7 Å². The van der Waals surface area contributed by atoms with Crippen LogP contribution in [-0.2, 0) is 6.54 Å². The molecule has 136 valence electrons. The lowest BCUT2D eigenvalue weighted by atomic mass is 10.1. The molecule has 0 fully saturated rings. The van der Waals surface area contributed by atoms with E-state index in [0.29, 0.717) is 23.8 Å². The van der Waals surface area contributed by atoms with Crippen LogP contribution >= 0.6 is 0 Å². The molecule has 1 heterocycles. The molecule has 0 aliphatic carbocycles. The van der Waals surface area contributed by atoms with E-state index in [2.05, 4.69) is 48.6 Å². The molecule has 0 aliphatic heterocycles. The van der Waals surface area contributed by atoms with Gasteiger partial charge < -0.3 is 14.2 Å². The standard InChI is InChI=1S/C19H27N3O3/c1-13(2)22(14(3)4)12-15-9-7-8-10-16(15)25-19-20-17(23-5)11-18(21-19)24-6/h7-11,13-14H,12H2,1-6H3. The molecule has 0 aliphatic rings. The van der Waals surface area contributed by atoms with Crippen molar-refractivity contribution in [3.63, 3.8) is 0 Å². The molecule has 0 bridgehead atoms. The van der Waals surface area contributed by atoms with Crippen molar-refractivity contribution in [1.82, 2.24) is 14.9 Å². The molecule has 0 saturated carbocycles. The third-order valence-electron chi connectivity index (χ3n) is 3.93. The van der Waals surface area contributed by atoms with Crippen LogP contribution in [0, 0.1) is 0 Å². The minimum absolute atomic E-state index is 0.198. The first-order valence-electron chi connectivity index (χ1n) is 8.43. The summed E-state index contributed by atoms with van der Waals surface area (Å²) in [6.45, 7) is 9.56. The van der Waals surface area contributed by atoms with Crippen LogP contribution in [0.4, 0.5) is 0 Å². The van der Waals surface area contributed by atoms with Crippen LogP contribution < -0.4 is 14.2 Å². The molecular formula is C19H27N3O3. The van der Waals surface area contributed by atoms with E-state index in [9.17, 15) is 0 Å². The maximum atomic E-state index is 5.95. The van der Waals surface area contributed by atoms with Gasteiger partial charge in [-0.05, 0) is 33.8 Å². The average molecular weight is 345 g/mol. The molecule has 6 nitrogen and oxygen atoms in total. The normalized spacial score (nSPS) is 11.2. The Morgan fingerprint density at radius 3 is 2.00 bits per heavy atom. The molecule has 1 aromatic carbocycles. The zero-order valence-corrected chi connectivity index (χ0v) is 15.8. The van der Waals surface area contributed by atoms with E-state index in [1.54, 1.807) is 20.3 Å². The molecular weight excluding hydrogens is 318 g/mol. The highest BCUT2D eigenvalue weighted by Crippen LogP contribution is 2.28. The summed E-state index contributed by atoms with van der Waals surface area (Å²) in [5.74, 6) is 1.51. The third kappa shape index (κ3) is 5.06. The molecule has 0 amide bonds. The van der Waals surface area contributed by atoms with Crippen LogP contribution in [-0.4, -0.2) is 41.2 Å². The summed E-state index contributed by atoms with van der Waals surface area (Å²) < 4.78 is 16.3. The first kappa shape index (κ1) is 19.0. The Morgan fingerprint density at radius 1 is 0.920 bits per heavy atom. The molecule has 2 aromatic rings. The predicted octanol–water partition coefficient (Wildman–Crippen LogP) is 3.90. The van der Waals surface area contributed by atoms with Gasteiger partial charge in [0.1, 0.15) is 5.75 Å². The quantitative estimate of drug-likeness (QED) is 0.723. The molecule has 0 N–H and O–H groups in total. The summed E-state index contributed by atoms with van der Waals surface area (Å²) in [6.07, 6.45) is 0. The van der Waals surface area contributed by atoms with E-state index >= 15 is 0 Å². The smallest absolute Gasteiger partial charge is 0.328 e. The zero-order chi connectivity index (χ0) is 18.4. The first-order chi connectivity index (χ1) is 11.9. The number of nitrogens with zero attached hydrogens (tertiary/aromatic N) is 3. The van der Waals surface area contributed by atoms with Gasteiger partial charge in [0.2, 0.25) is 11.8 Å². The maximum Gasteiger partial charge on any atom is 0.328 e. The van der Waals surface area contributed by atoms with Gasteiger partial charge in [-0.25, -0.2) is 0 Å². The summed E-state index contributed by atoms with van der Waals surface area (Å²) in [4.78, 5) is 10.9. The SMILES string of the molecule is COc1cc(OC)nc(Oc2ccccc2CN(C(C)C)C(C)C)n1. The van der Waals surface area contributed by atoms with Gasteiger partial charge in [0, 0.05) is 24.2 Å². The maximum absolute atomic E-state index is 5.95. The number of methoxy groups -OCH3 is 2. The van der Waals surface area contributed by atoms with E-state index in [-0.39, 0.29) is 6.01 Å². The van der Waals surface area contributed by atoms with E-state index in [0.717, 1.165) is 17.9 Å². The van der Waals surface area contributed by atoms with Crippen molar-refractivity contribution in [3.8, 4) is 23.5 Å². The monoisotopic (exact) mass is 345 g/mol. The minimum Gasteiger partial charge on any atom is -0.481 e. The fraction of sp³-hybridized carbons (Fsp3) is 0.474. The summed E-state index contributed by atoms with van der Waals surface area (Å²) >= 11 is 0. The minimum atomic E-state index is 0.198. The van der Waals surface area contributed by atoms with Crippen molar-refractivity contribution in [1.29, 1.82) is 0 Å². The Kier molecular flexibility index (Phi) is 6.58. The molecule has 25 heavy (non-hydrogen) atoms. The summed E-state index contributed by atoms with van der Waals surface area (Å²) in [6, 6.07) is 10.6. The van der Waals surface area contributed by atoms with Crippen molar-refractivity contribution in [3.05, 3.63) is 35.9 Å². The van der Waals surface area contributed by atoms with Gasteiger partial charge in [0.25, 0.3) is 0 Å². The Balaban J connectivity index is 2.29. The fourth-order valence-corrected chi connectivity index (χ4v) is 2.63. The second-order valence-electron chi connectivity index (χ2n) is 6.30. The number of rotatable bonds is 8. The number of ether oxygens (including phenoxy) is 3. The van der Waals surface area contributed by atoms with Crippen molar-refractivity contribution in [2.24, 2.45) is 0 Å². The molecule has 1 aromatic heterocycles. The lowest BCUT2D eigenvalue weighted by Gasteiger charge is -2.31. The Morgan fingerprint density at radius 2 is 1.48 bits per heavy atom. The summed E-state index contributed by atoms with van der Waals surface area (Å²) in [5, 5.41) is 0. The number of hydrogen-bond donors (Lipinski definition) is 0. The van der Waals surface area contributed by atoms with Crippen molar-refractivity contribution in [2.75, 3.05) is 14.2 Å². The van der Waals surface area contributed by atoms with Crippen LogP contribution in [0.25, 0.3) is 0 Å². The molecule has 0 unspecified atom stereocenters. The first-order valence-corrected chi connectivity index (χ1v) is 8.43. The van der Waals surface area contributed by atoms with Gasteiger partial charge in [0.15, 0.2) is 0 Å². The van der Waals surface area contributed by atoms with E-state index in [4.69, 9.17) is 14.2 Å². The molecule has 6 heteroatoms. The van der Waals surface area contributed by atoms with Crippen LogP contribution in [0.15, 0.2) is 30.3 Å². The van der Waals surface area contributed by atoms with E-state index in [1.807, 2.05) is 18.2 Å². The van der Waals surface area contributed by atoms with Gasteiger partial charge in [-0.1, -0.05) is 18.2 Å². The van der Waals surface area contributed by atoms with Crippen LogP contribution in [0.1, 0.15) is 33.3 Å². The van der Waals surface area contributed by atoms with Gasteiger partial charge >= 0.3 is 6.01 Å². The van der Waals surface area contributed by atoms with Crippen molar-refractivity contribution < 1.29 is 14.2 Å². The Bertz CT molecular complexity index is 659. The second-order valence-corrected chi connectivity index (χ2v) is 6.30. The second kappa shape index (κ2) is 8.67. The third-order valence-corrected chi connectivity index (χ3v) is 3.93. The highest BCUT2D eigenvalue weighted by Gasteiger charge is 2.17. The number of benzene rings is 1. The molecule has 0 radical (unpaired) electrons. The van der Waals surface area contributed by atoms with Gasteiger partial charge in [-0.2, -0.15) is 9.97 Å². The highest BCUT2D eigenvalue weighted by atomic mass is 16.5. The zero-order valence-electron chi connectivity index (χ0n) is 15.8. The van der Waals surface area contributed by atoms with Crippen molar-refractivity contribution >= 4 is 0 Å². The highest BCUT2D eigenvalue weighted by molar-refractivity contribution is 5.36. The molecule has 0 saturated heterocycles. The summed E-state index contributed by atoms with van der Waals surface area (Å²) in [7, 11) is 3.09.